The normalized spacial score (nSPS) is 12.6. The number of carbonyl (C=O) groups is 1. The van der Waals surface area contributed by atoms with E-state index in [2.05, 4.69) is 14.8 Å². The first-order valence-electron chi connectivity index (χ1n) is 5.88. The predicted molar refractivity (Wildman–Crippen MR) is 74.6 cm³/mol. The number of methoxy groups -OCH3 is 1. The lowest BCUT2D eigenvalue weighted by atomic mass is 10.2. The Hall–Kier alpha value is -1.83. The second kappa shape index (κ2) is 6.56. The van der Waals surface area contributed by atoms with Gasteiger partial charge in [0.1, 0.15) is 11.9 Å². The van der Waals surface area contributed by atoms with Gasteiger partial charge in [0.15, 0.2) is 0 Å². The number of benzene rings is 1. The number of rotatable bonds is 6. The molecule has 1 unspecified atom stereocenters. The van der Waals surface area contributed by atoms with Gasteiger partial charge in [-0.05, 0) is 24.6 Å². The summed E-state index contributed by atoms with van der Waals surface area (Å²) in [4.78, 5) is 11.5. The smallest absolute Gasteiger partial charge is 0.328 e. The Balaban J connectivity index is 2.97. The van der Waals surface area contributed by atoms with Crippen molar-refractivity contribution in [2.24, 2.45) is 0 Å². The summed E-state index contributed by atoms with van der Waals surface area (Å²) >= 11 is 0. The lowest BCUT2D eigenvalue weighted by molar-refractivity contribution is -0.141. The number of carbonyl (C=O) groups excluding carboxylic acids is 1. The molecule has 0 fully saturated rings. The summed E-state index contributed by atoms with van der Waals surface area (Å²) in [6.45, 7) is 1.79. The summed E-state index contributed by atoms with van der Waals surface area (Å²) < 4.78 is 42.4. The highest BCUT2D eigenvalue weighted by atomic mass is 32.2. The van der Waals surface area contributed by atoms with Crippen LogP contribution in [-0.4, -0.2) is 33.8 Å². The molecule has 0 saturated heterocycles. The highest BCUT2D eigenvalue weighted by Gasteiger charge is 2.17. The molecule has 1 rings (SSSR count). The van der Waals surface area contributed by atoms with Gasteiger partial charge in [-0.2, -0.15) is 0 Å². The average Bonchev–Trinajstić information content (AvgIpc) is 2.37. The van der Waals surface area contributed by atoms with Crippen molar-refractivity contribution in [1.29, 1.82) is 0 Å². The van der Waals surface area contributed by atoms with Crippen molar-refractivity contribution in [3.8, 4) is 0 Å². The van der Waals surface area contributed by atoms with E-state index >= 15 is 0 Å². The van der Waals surface area contributed by atoms with Crippen LogP contribution >= 0.6 is 0 Å². The Morgan fingerprint density at radius 3 is 2.60 bits per heavy atom. The molecule has 1 aromatic rings. The van der Waals surface area contributed by atoms with Crippen LogP contribution in [0.5, 0.6) is 0 Å². The van der Waals surface area contributed by atoms with Crippen molar-refractivity contribution < 1.29 is 22.3 Å². The maximum Gasteiger partial charge on any atom is 0.328 e. The second-order valence-electron chi connectivity index (χ2n) is 4.20. The van der Waals surface area contributed by atoms with Crippen LogP contribution in [0.3, 0.4) is 0 Å². The first-order chi connectivity index (χ1) is 9.26. The molecule has 0 heterocycles. The zero-order chi connectivity index (χ0) is 15.3. The van der Waals surface area contributed by atoms with E-state index in [1.165, 1.54) is 19.2 Å². The lowest BCUT2D eigenvalue weighted by Gasteiger charge is -2.16. The number of nitrogens with one attached hydrogen (secondary N) is 2. The minimum atomic E-state index is -3.58. The van der Waals surface area contributed by atoms with E-state index in [1.807, 2.05) is 0 Å². The molecule has 1 aromatic carbocycles. The summed E-state index contributed by atoms with van der Waals surface area (Å²) in [6.07, 6.45) is 1.40. The van der Waals surface area contributed by atoms with Crippen molar-refractivity contribution in [3.05, 3.63) is 24.0 Å². The van der Waals surface area contributed by atoms with E-state index in [1.54, 1.807) is 6.92 Å². The van der Waals surface area contributed by atoms with Gasteiger partial charge in [0.05, 0.1) is 19.1 Å². The molecular formula is C12H17FN2O4S. The predicted octanol–water partition coefficient (Wildman–Crippen LogP) is 1.56. The highest BCUT2D eigenvalue weighted by Crippen LogP contribution is 2.21. The Bertz CT molecular complexity index is 589. The van der Waals surface area contributed by atoms with Gasteiger partial charge in [-0.1, -0.05) is 6.92 Å². The molecule has 0 bridgehead atoms. The number of ether oxygens (including phenoxy) is 1. The molecule has 6 nitrogen and oxygen atoms in total. The molecule has 112 valence electrons. The summed E-state index contributed by atoms with van der Waals surface area (Å²) in [5.41, 5.74) is 0.229. The van der Waals surface area contributed by atoms with E-state index in [0.717, 1.165) is 12.3 Å². The fourth-order valence-electron chi connectivity index (χ4n) is 1.56. The van der Waals surface area contributed by atoms with E-state index in [4.69, 9.17) is 0 Å². The monoisotopic (exact) mass is 304 g/mol. The molecule has 8 heteroatoms. The zero-order valence-corrected chi connectivity index (χ0v) is 12.3. The summed E-state index contributed by atoms with van der Waals surface area (Å²) in [5, 5.41) is 2.86. The Kier molecular flexibility index (Phi) is 5.32. The summed E-state index contributed by atoms with van der Waals surface area (Å²) in [6, 6.07) is 3.22. The van der Waals surface area contributed by atoms with Gasteiger partial charge >= 0.3 is 5.97 Å². The molecule has 20 heavy (non-hydrogen) atoms. The van der Waals surface area contributed by atoms with E-state index in [9.17, 15) is 17.6 Å². The molecule has 0 spiro atoms. The lowest BCUT2D eigenvalue weighted by Crippen LogP contribution is -2.29. The number of halogens is 1. The van der Waals surface area contributed by atoms with Crippen LogP contribution in [0.1, 0.15) is 13.3 Å². The number of hydrogen-bond acceptors (Lipinski definition) is 5. The van der Waals surface area contributed by atoms with Crippen LogP contribution in [0, 0.1) is 5.82 Å². The van der Waals surface area contributed by atoms with Crippen LogP contribution in [0.4, 0.5) is 15.8 Å². The Labute approximate surface area is 117 Å². The standard InChI is InChI=1S/C12H17FN2O4S/c1-4-10(12(16)19-2)14-8-5-6-9(13)11(7-8)15-20(3,17)18/h5-7,10,14-15H,4H2,1-3H3. The average molecular weight is 304 g/mol. The van der Waals surface area contributed by atoms with Gasteiger partial charge in [-0.3, -0.25) is 4.72 Å². The third kappa shape index (κ3) is 4.69. The van der Waals surface area contributed by atoms with Crippen LogP contribution < -0.4 is 10.0 Å². The van der Waals surface area contributed by atoms with Crippen LogP contribution in [0.25, 0.3) is 0 Å². The molecule has 0 aromatic heterocycles. The molecule has 0 amide bonds. The molecule has 0 saturated carbocycles. The molecule has 2 N–H and O–H groups in total. The first-order valence-corrected chi connectivity index (χ1v) is 7.77. The topological polar surface area (TPSA) is 84.5 Å². The molecule has 0 aliphatic heterocycles. The second-order valence-corrected chi connectivity index (χ2v) is 5.95. The summed E-state index contributed by atoms with van der Waals surface area (Å²) in [5.74, 6) is -1.15. The van der Waals surface area contributed by atoms with Crippen molar-refractivity contribution in [3.63, 3.8) is 0 Å². The molecule has 0 aliphatic carbocycles. The van der Waals surface area contributed by atoms with Crippen LogP contribution in [0.15, 0.2) is 18.2 Å². The maximum absolute atomic E-state index is 13.5. The van der Waals surface area contributed by atoms with Gasteiger partial charge < -0.3 is 10.1 Å². The van der Waals surface area contributed by atoms with Gasteiger partial charge in [-0.25, -0.2) is 17.6 Å². The number of esters is 1. The van der Waals surface area contributed by atoms with E-state index < -0.39 is 27.9 Å². The van der Waals surface area contributed by atoms with Crippen LogP contribution in [0.2, 0.25) is 0 Å². The SMILES string of the molecule is CCC(Nc1ccc(F)c(NS(C)(=O)=O)c1)C(=O)OC. The van der Waals surface area contributed by atoms with Gasteiger partial charge in [-0.15, -0.1) is 0 Å². The maximum atomic E-state index is 13.5. The molecule has 1 atom stereocenters. The summed E-state index contributed by atoms with van der Waals surface area (Å²) in [7, 11) is -2.31. The fraction of sp³-hybridized carbons (Fsp3) is 0.417. The fourth-order valence-corrected chi connectivity index (χ4v) is 2.12. The van der Waals surface area contributed by atoms with Crippen molar-refractivity contribution >= 4 is 27.4 Å². The number of hydrogen-bond donors (Lipinski definition) is 2. The highest BCUT2D eigenvalue weighted by molar-refractivity contribution is 7.92. The zero-order valence-electron chi connectivity index (χ0n) is 11.4. The Morgan fingerprint density at radius 1 is 1.45 bits per heavy atom. The molecule has 0 radical (unpaired) electrons. The largest absolute Gasteiger partial charge is 0.467 e. The molecular weight excluding hydrogens is 287 g/mol. The quantitative estimate of drug-likeness (QED) is 0.779. The van der Waals surface area contributed by atoms with Gasteiger partial charge in [0.2, 0.25) is 10.0 Å². The van der Waals surface area contributed by atoms with Gasteiger partial charge in [0.25, 0.3) is 0 Å². The van der Waals surface area contributed by atoms with Crippen LogP contribution in [-0.2, 0) is 19.6 Å². The minimum Gasteiger partial charge on any atom is -0.467 e. The number of anilines is 2. The van der Waals surface area contributed by atoms with Crippen molar-refractivity contribution in [1.82, 2.24) is 0 Å². The third-order valence-corrected chi connectivity index (χ3v) is 3.09. The number of sulfonamides is 1. The first kappa shape index (κ1) is 16.2. The molecule has 0 aliphatic rings. The minimum absolute atomic E-state index is 0.183. The third-order valence-electron chi connectivity index (χ3n) is 2.50. The van der Waals surface area contributed by atoms with E-state index in [0.29, 0.717) is 12.1 Å². The van der Waals surface area contributed by atoms with E-state index in [-0.39, 0.29) is 5.69 Å². The van der Waals surface area contributed by atoms with Gasteiger partial charge in [0, 0.05) is 5.69 Å². The Morgan fingerprint density at radius 2 is 2.10 bits per heavy atom. The van der Waals surface area contributed by atoms with Crippen molar-refractivity contribution in [2.75, 3.05) is 23.4 Å². The van der Waals surface area contributed by atoms with Crippen molar-refractivity contribution in [2.45, 2.75) is 19.4 Å².